The Morgan fingerprint density at radius 3 is 3.00 bits per heavy atom. The number of ether oxygens (including phenoxy) is 1. The fraction of sp³-hybridized carbons (Fsp3) is 0.429. The minimum Gasteiger partial charge on any atom is -0.482 e. The molecule has 1 N–H and O–H groups in total. The van der Waals surface area contributed by atoms with Gasteiger partial charge in [-0.05, 0) is 18.9 Å². The summed E-state index contributed by atoms with van der Waals surface area (Å²) in [4.78, 5) is 0. The molecule has 0 atom stereocenters. The second-order valence-electron chi connectivity index (χ2n) is 5.03. The summed E-state index contributed by atoms with van der Waals surface area (Å²) in [5.74, 6) is 0.611. The highest BCUT2D eigenvalue weighted by Gasteiger charge is 2.21. The number of aryl methyl sites for hydroxylation is 1. The summed E-state index contributed by atoms with van der Waals surface area (Å²) in [6, 6.07) is 5.57. The van der Waals surface area contributed by atoms with Crippen LogP contribution in [0.1, 0.15) is 24.2 Å². The van der Waals surface area contributed by atoms with Crippen LogP contribution >= 0.6 is 0 Å². The monoisotopic (exact) mass is 276 g/mol. The fourth-order valence-electron chi connectivity index (χ4n) is 1.97. The van der Waals surface area contributed by atoms with Gasteiger partial charge in [-0.2, -0.15) is 0 Å². The van der Waals surface area contributed by atoms with E-state index in [0.717, 1.165) is 5.56 Å². The van der Waals surface area contributed by atoms with E-state index in [1.165, 1.54) is 18.9 Å². The number of para-hydroxylation sites is 1. The molecular formula is C14H17FN4O. The number of benzene rings is 1. The van der Waals surface area contributed by atoms with Crippen LogP contribution in [0.15, 0.2) is 24.5 Å². The molecule has 0 aliphatic heterocycles. The molecule has 106 valence electrons. The van der Waals surface area contributed by atoms with Crippen LogP contribution in [0.5, 0.6) is 5.75 Å². The van der Waals surface area contributed by atoms with E-state index in [1.54, 1.807) is 17.0 Å². The highest BCUT2D eigenvalue weighted by molar-refractivity contribution is 5.35. The molecule has 0 spiro atoms. The van der Waals surface area contributed by atoms with E-state index in [-0.39, 0.29) is 12.4 Å². The average Bonchev–Trinajstić information content (AvgIpc) is 3.18. The van der Waals surface area contributed by atoms with E-state index in [4.69, 9.17) is 4.74 Å². The molecule has 1 fully saturated rings. The number of nitrogens with one attached hydrogen (secondary N) is 1. The summed E-state index contributed by atoms with van der Waals surface area (Å²) >= 11 is 0. The second kappa shape index (κ2) is 5.58. The van der Waals surface area contributed by atoms with Gasteiger partial charge in [0.2, 0.25) is 0 Å². The Hall–Kier alpha value is -1.95. The molecule has 1 aromatic carbocycles. The zero-order chi connectivity index (χ0) is 13.9. The first-order valence-corrected chi connectivity index (χ1v) is 6.70. The van der Waals surface area contributed by atoms with Crippen molar-refractivity contribution in [2.75, 3.05) is 0 Å². The maximum atomic E-state index is 13.9. The molecule has 2 aromatic rings. The van der Waals surface area contributed by atoms with Crippen LogP contribution in [-0.4, -0.2) is 20.8 Å². The number of hydrogen-bond acceptors (Lipinski definition) is 4. The van der Waals surface area contributed by atoms with Gasteiger partial charge in [-0.1, -0.05) is 12.1 Å². The zero-order valence-corrected chi connectivity index (χ0v) is 11.3. The molecule has 1 heterocycles. The first kappa shape index (κ1) is 13.1. The molecule has 0 bridgehead atoms. The van der Waals surface area contributed by atoms with Crippen LogP contribution in [0.4, 0.5) is 4.39 Å². The summed E-state index contributed by atoms with van der Waals surface area (Å²) in [5.41, 5.74) is 0.832. The fourth-order valence-corrected chi connectivity index (χ4v) is 1.97. The number of rotatable bonds is 6. The van der Waals surface area contributed by atoms with Gasteiger partial charge in [0.15, 0.2) is 17.4 Å². The van der Waals surface area contributed by atoms with Gasteiger partial charge in [0.05, 0.1) is 0 Å². The summed E-state index contributed by atoms with van der Waals surface area (Å²) < 4.78 is 21.3. The lowest BCUT2D eigenvalue weighted by Crippen LogP contribution is -2.16. The zero-order valence-electron chi connectivity index (χ0n) is 11.3. The third-order valence-electron chi connectivity index (χ3n) is 3.36. The predicted octanol–water partition coefficient (Wildman–Crippen LogP) is 1.79. The topological polar surface area (TPSA) is 52.0 Å². The number of nitrogens with zero attached hydrogens (tertiary/aromatic N) is 3. The van der Waals surface area contributed by atoms with Gasteiger partial charge < -0.3 is 14.6 Å². The molecule has 5 nitrogen and oxygen atoms in total. The standard InChI is InChI=1S/C14H17FN4O/c1-19-9-17-18-13(19)8-20-14-10(3-2-4-12(14)15)7-16-11-5-6-11/h2-4,9,11,16H,5-8H2,1H3. The highest BCUT2D eigenvalue weighted by atomic mass is 19.1. The van der Waals surface area contributed by atoms with Gasteiger partial charge in [0.1, 0.15) is 12.9 Å². The van der Waals surface area contributed by atoms with Crippen LogP contribution < -0.4 is 10.1 Å². The molecule has 0 saturated heterocycles. The van der Waals surface area contributed by atoms with Crippen molar-refractivity contribution in [3.63, 3.8) is 0 Å². The van der Waals surface area contributed by atoms with Crippen molar-refractivity contribution in [2.45, 2.75) is 32.0 Å². The molecule has 20 heavy (non-hydrogen) atoms. The van der Waals surface area contributed by atoms with Gasteiger partial charge in [0.25, 0.3) is 0 Å². The first-order valence-electron chi connectivity index (χ1n) is 6.70. The summed E-state index contributed by atoms with van der Waals surface area (Å²) in [5, 5.41) is 11.1. The highest BCUT2D eigenvalue weighted by Crippen LogP contribution is 2.25. The molecule has 1 saturated carbocycles. The van der Waals surface area contributed by atoms with Crippen molar-refractivity contribution in [2.24, 2.45) is 7.05 Å². The van der Waals surface area contributed by atoms with Crippen molar-refractivity contribution in [3.8, 4) is 5.75 Å². The maximum absolute atomic E-state index is 13.9. The van der Waals surface area contributed by atoms with Crippen LogP contribution in [-0.2, 0) is 20.2 Å². The molecule has 3 rings (SSSR count). The van der Waals surface area contributed by atoms with Crippen molar-refractivity contribution >= 4 is 0 Å². The maximum Gasteiger partial charge on any atom is 0.170 e. The van der Waals surface area contributed by atoms with Crippen LogP contribution in [0, 0.1) is 5.82 Å². The predicted molar refractivity (Wildman–Crippen MR) is 71.6 cm³/mol. The van der Waals surface area contributed by atoms with Crippen LogP contribution in [0.25, 0.3) is 0 Å². The van der Waals surface area contributed by atoms with E-state index < -0.39 is 0 Å². The number of hydrogen-bond donors (Lipinski definition) is 1. The van der Waals surface area contributed by atoms with Crippen molar-refractivity contribution < 1.29 is 9.13 Å². The molecule has 0 amide bonds. The van der Waals surface area contributed by atoms with Gasteiger partial charge in [-0.3, -0.25) is 0 Å². The lowest BCUT2D eigenvalue weighted by atomic mass is 10.2. The quantitative estimate of drug-likeness (QED) is 0.874. The Morgan fingerprint density at radius 1 is 1.45 bits per heavy atom. The third-order valence-corrected chi connectivity index (χ3v) is 3.36. The number of halogens is 1. The van der Waals surface area contributed by atoms with Crippen molar-refractivity contribution in [1.29, 1.82) is 0 Å². The average molecular weight is 276 g/mol. The largest absolute Gasteiger partial charge is 0.482 e. The Morgan fingerprint density at radius 2 is 2.30 bits per heavy atom. The van der Waals surface area contributed by atoms with E-state index >= 15 is 0 Å². The lowest BCUT2D eigenvalue weighted by molar-refractivity contribution is 0.273. The van der Waals surface area contributed by atoms with Crippen LogP contribution in [0.3, 0.4) is 0 Å². The summed E-state index contributed by atoms with van der Waals surface area (Å²) in [7, 11) is 1.83. The van der Waals surface area contributed by atoms with Crippen molar-refractivity contribution in [3.05, 3.63) is 41.7 Å². The van der Waals surface area contributed by atoms with Gasteiger partial charge in [-0.25, -0.2) is 4.39 Å². The van der Waals surface area contributed by atoms with Gasteiger partial charge >= 0.3 is 0 Å². The van der Waals surface area contributed by atoms with E-state index in [1.807, 2.05) is 13.1 Å². The van der Waals surface area contributed by atoms with Crippen LogP contribution in [0.2, 0.25) is 0 Å². The van der Waals surface area contributed by atoms with E-state index in [2.05, 4.69) is 15.5 Å². The minimum absolute atomic E-state index is 0.202. The first-order chi connectivity index (χ1) is 9.74. The Balaban J connectivity index is 1.71. The smallest absolute Gasteiger partial charge is 0.170 e. The normalized spacial score (nSPS) is 14.5. The SMILES string of the molecule is Cn1cnnc1COc1c(F)cccc1CNC1CC1. The molecule has 1 aliphatic rings. The van der Waals surface area contributed by atoms with E-state index in [9.17, 15) is 4.39 Å². The van der Waals surface area contributed by atoms with E-state index in [0.29, 0.717) is 24.2 Å². The Bertz CT molecular complexity index is 595. The Labute approximate surface area is 116 Å². The molecule has 0 radical (unpaired) electrons. The lowest BCUT2D eigenvalue weighted by Gasteiger charge is -2.12. The molecule has 0 unspecified atom stereocenters. The van der Waals surface area contributed by atoms with Crippen molar-refractivity contribution in [1.82, 2.24) is 20.1 Å². The van der Waals surface area contributed by atoms with Gasteiger partial charge in [-0.15, -0.1) is 10.2 Å². The third kappa shape index (κ3) is 2.96. The van der Waals surface area contributed by atoms with Gasteiger partial charge in [0, 0.05) is 25.2 Å². The summed E-state index contributed by atoms with van der Waals surface area (Å²) in [6.45, 7) is 0.824. The summed E-state index contributed by atoms with van der Waals surface area (Å²) in [6.07, 6.45) is 3.99. The minimum atomic E-state index is -0.345. The molecule has 1 aliphatic carbocycles. The molecule has 1 aromatic heterocycles. The molecular weight excluding hydrogens is 259 g/mol. The molecule has 6 heteroatoms. The second-order valence-corrected chi connectivity index (χ2v) is 5.03. The Kier molecular flexibility index (Phi) is 3.64. The number of aromatic nitrogens is 3.